The second kappa shape index (κ2) is 5.79. The van der Waals surface area contributed by atoms with Gasteiger partial charge in [-0.25, -0.2) is 4.98 Å². The molecule has 0 spiro atoms. The third-order valence-electron chi connectivity index (χ3n) is 4.74. The Labute approximate surface area is 144 Å². The monoisotopic (exact) mass is 338 g/mol. The molecule has 0 atom stereocenters. The summed E-state index contributed by atoms with van der Waals surface area (Å²) in [6.07, 6.45) is 8.56. The molecule has 3 aromatic heterocycles. The Bertz CT molecular complexity index is 889. The van der Waals surface area contributed by atoms with Crippen LogP contribution in [-0.4, -0.2) is 34.1 Å². The number of nitrogens with one attached hydrogen (secondary N) is 1. The van der Waals surface area contributed by atoms with Gasteiger partial charge in [-0.3, -0.25) is 4.98 Å². The Balaban J connectivity index is 1.69. The first-order valence-corrected chi connectivity index (χ1v) is 9.30. The predicted molar refractivity (Wildman–Crippen MR) is 94.6 cm³/mol. The molecule has 122 valence electrons. The number of nitrogens with zero attached hydrogens (tertiary/aromatic N) is 3. The van der Waals surface area contributed by atoms with E-state index in [-0.39, 0.29) is 6.10 Å². The van der Waals surface area contributed by atoms with Crippen LogP contribution in [0.2, 0.25) is 0 Å². The van der Waals surface area contributed by atoms with Crippen molar-refractivity contribution in [2.24, 2.45) is 0 Å². The first kappa shape index (κ1) is 14.3. The Hall–Kier alpha value is -2.05. The van der Waals surface area contributed by atoms with Gasteiger partial charge in [-0.2, -0.15) is 4.98 Å². The summed E-state index contributed by atoms with van der Waals surface area (Å²) in [5.74, 6) is 1.49. The molecule has 0 aromatic carbocycles. The smallest absolute Gasteiger partial charge is 0.226 e. The van der Waals surface area contributed by atoms with Crippen LogP contribution < -0.4 is 10.1 Å². The van der Waals surface area contributed by atoms with Crippen LogP contribution in [0.5, 0.6) is 5.88 Å². The van der Waals surface area contributed by atoms with Gasteiger partial charge in [0.25, 0.3) is 0 Å². The number of rotatable bonds is 3. The standard InChI is InChI=1S/C18H18N4OS/c1-2-4-14-13(3-1)15-17(23-12-9-20-10-12)21-16(22-18(15)24-14)11-5-7-19-8-6-11/h5-8,12,20H,1-4,9-10H2. The van der Waals surface area contributed by atoms with E-state index >= 15 is 0 Å². The maximum atomic E-state index is 6.23. The fourth-order valence-corrected chi connectivity index (χ4v) is 4.59. The van der Waals surface area contributed by atoms with Crippen molar-refractivity contribution in [1.82, 2.24) is 20.3 Å². The Morgan fingerprint density at radius 3 is 2.71 bits per heavy atom. The molecule has 5 rings (SSSR count). The van der Waals surface area contributed by atoms with Gasteiger partial charge in [-0.1, -0.05) is 0 Å². The fourth-order valence-electron chi connectivity index (χ4n) is 3.34. The van der Waals surface area contributed by atoms with Crippen LogP contribution in [0.1, 0.15) is 23.3 Å². The summed E-state index contributed by atoms with van der Waals surface area (Å²) in [5, 5.41) is 4.41. The Morgan fingerprint density at radius 2 is 1.92 bits per heavy atom. The lowest BCUT2D eigenvalue weighted by molar-refractivity contribution is 0.138. The van der Waals surface area contributed by atoms with Crippen molar-refractivity contribution in [2.75, 3.05) is 13.1 Å². The van der Waals surface area contributed by atoms with E-state index in [0.29, 0.717) is 0 Å². The number of thiophene rings is 1. The summed E-state index contributed by atoms with van der Waals surface area (Å²) < 4.78 is 6.23. The highest BCUT2D eigenvalue weighted by Crippen LogP contribution is 2.40. The quantitative estimate of drug-likeness (QED) is 0.795. The van der Waals surface area contributed by atoms with Gasteiger partial charge in [0.15, 0.2) is 5.82 Å². The van der Waals surface area contributed by atoms with Gasteiger partial charge in [-0.15, -0.1) is 11.3 Å². The largest absolute Gasteiger partial charge is 0.471 e. The summed E-state index contributed by atoms with van der Waals surface area (Å²) in [4.78, 5) is 16.3. The molecule has 4 heterocycles. The van der Waals surface area contributed by atoms with Crippen LogP contribution >= 0.6 is 11.3 Å². The molecule has 0 saturated carbocycles. The maximum Gasteiger partial charge on any atom is 0.226 e. The van der Waals surface area contributed by atoms with Gasteiger partial charge >= 0.3 is 0 Å². The van der Waals surface area contributed by atoms with Crippen molar-refractivity contribution in [1.29, 1.82) is 0 Å². The zero-order valence-electron chi connectivity index (χ0n) is 13.3. The third-order valence-corrected chi connectivity index (χ3v) is 5.93. The second-order valence-corrected chi connectivity index (χ2v) is 7.46. The highest BCUT2D eigenvalue weighted by molar-refractivity contribution is 7.18. The van der Waals surface area contributed by atoms with Crippen molar-refractivity contribution in [3.05, 3.63) is 35.0 Å². The average Bonchev–Trinajstić information content (AvgIpc) is 2.97. The number of ether oxygens (including phenoxy) is 1. The first-order valence-electron chi connectivity index (χ1n) is 8.48. The van der Waals surface area contributed by atoms with Crippen LogP contribution in [0.25, 0.3) is 21.6 Å². The fraction of sp³-hybridized carbons (Fsp3) is 0.389. The van der Waals surface area contributed by atoms with Crippen molar-refractivity contribution in [2.45, 2.75) is 31.8 Å². The van der Waals surface area contributed by atoms with Crippen LogP contribution in [0.3, 0.4) is 0 Å². The normalized spacial score (nSPS) is 17.5. The highest BCUT2D eigenvalue weighted by Gasteiger charge is 2.26. The van der Waals surface area contributed by atoms with E-state index in [1.54, 1.807) is 12.4 Å². The molecule has 3 aromatic rings. The number of aryl methyl sites for hydroxylation is 2. The van der Waals surface area contributed by atoms with Crippen LogP contribution in [0.4, 0.5) is 0 Å². The molecule has 0 bridgehead atoms. The Morgan fingerprint density at radius 1 is 1.08 bits per heavy atom. The van der Waals surface area contributed by atoms with E-state index in [4.69, 9.17) is 14.7 Å². The van der Waals surface area contributed by atoms with Gasteiger partial charge in [0, 0.05) is 35.9 Å². The number of pyridine rings is 1. The molecular weight excluding hydrogens is 320 g/mol. The molecule has 1 aliphatic heterocycles. The molecule has 0 radical (unpaired) electrons. The minimum atomic E-state index is 0.215. The van der Waals surface area contributed by atoms with E-state index in [1.165, 1.54) is 23.3 Å². The van der Waals surface area contributed by atoms with Gasteiger partial charge in [-0.05, 0) is 43.4 Å². The maximum absolute atomic E-state index is 6.23. The van der Waals surface area contributed by atoms with Gasteiger partial charge in [0.1, 0.15) is 10.9 Å². The SMILES string of the molecule is c1cc(-c2nc(OC3CNC3)c3c4c(sc3n2)CCCC4)ccn1. The van der Waals surface area contributed by atoms with E-state index in [0.717, 1.165) is 53.4 Å². The van der Waals surface area contributed by atoms with Crippen molar-refractivity contribution in [3.8, 4) is 17.3 Å². The van der Waals surface area contributed by atoms with E-state index in [9.17, 15) is 0 Å². The molecule has 2 aliphatic rings. The summed E-state index contributed by atoms with van der Waals surface area (Å²) in [7, 11) is 0. The summed E-state index contributed by atoms with van der Waals surface area (Å²) in [6, 6.07) is 3.90. The number of aromatic nitrogens is 3. The van der Waals surface area contributed by atoms with Crippen LogP contribution in [0.15, 0.2) is 24.5 Å². The zero-order valence-corrected chi connectivity index (χ0v) is 14.1. The highest BCUT2D eigenvalue weighted by atomic mass is 32.1. The molecule has 6 heteroatoms. The van der Waals surface area contributed by atoms with E-state index in [2.05, 4.69) is 10.3 Å². The third kappa shape index (κ3) is 2.37. The van der Waals surface area contributed by atoms with Gasteiger partial charge < -0.3 is 10.1 Å². The van der Waals surface area contributed by atoms with E-state index < -0.39 is 0 Å². The number of hydrogen-bond acceptors (Lipinski definition) is 6. The Kier molecular flexibility index (Phi) is 3.45. The molecule has 0 unspecified atom stereocenters. The minimum absolute atomic E-state index is 0.215. The molecule has 1 saturated heterocycles. The number of hydrogen-bond donors (Lipinski definition) is 1. The molecule has 1 aliphatic carbocycles. The molecule has 5 nitrogen and oxygen atoms in total. The van der Waals surface area contributed by atoms with Gasteiger partial charge in [0.05, 0.1) is 5.39 Å². The lowest BCUT2D eigenvalue weighted by Gasteiger charge is -2.27. The summed E-state index contributed by atoms with van der Waals surface area (Å²) in [6.45, 7) is 1.78. The summed E-state index contributed by atoms with van der Waals surface area (Å²) >= 11 is 1.81. The summed E-state index contributed by atoms with van der Waals surface area (Å²) in [5.41, 5.74) is 2.40. The molecule has 24 heavy (non-hydrogen) atoms. The second-order valence-electron chi connectivity index (χ2n) is 6.38. The van der Waals surface area contributed by atoms with Crippen molar-refractivity contribution in [3.63, 3.8) is 0 Å². The van der Waals surface area contributed by atoms with Crippen LogP contribution in [-0.2, 0) is 12.8 Å². The zero-order chi connectivity index (χ0) is 15.9. The topological polar surface area (TPSA) is 59.9 Å². The lowest BCUT2D eigenvalue weighted by atomic mass is 9.97. The molecule has 0 amide bonds. The van der Waals surface area contributed by atoms with Crippen LogP contribution in [0, 0.1) is 0 Å². The van der Waals surface area contributed by atoms with Crippen molar-refractivity contribution >= 4 is 21.6 Å². The average molecular weight is 338 g/mol. The minimum Gasteiger partial charge on any atom is -0.471 e. The first-order chi connectivity index (χ1) is 11.9. The molecule has 1 N–H and O–H groups in total. The molecule has 1 fully saturated rings. The van der Waals surface area contributed by atoms with Gasteiger partial charge in [0.2, 0.25) is 5.88 Å². The van der Waals surface area contributed by atoms with E-state index in [1.807, 2.05) is 23.5 Å². The lowest BCUT2D eigenvalue weighted by Crippen LogP contribution is -2.50. The molecular formula is C18H18N4OS. The predicted octanol–water partition coefficient (Wildman–Crippen LogP) is 2.98. The number of fused-ring (bicyclic) bond motifs is 3. The van der Waals surface area contributed by atoms with Crippen molar-refractivity contribution < 1.29 is 4.74 Å².